The van der Waals surface area contributed by atoms with Crippen molar-refractivity contribution in [2.75, 3.05) is 44.8 Å². The molecule has 0 unspecified atom stereocenters. The average molecular weight is 310 g/mol. The van der Waals surface area contributed by atoms with Crippen LogP contribution in [0.25, 0.3) is 0 Å². The monoisotopic (exact) mass is 310 g/mol. The molecule has 0 radical (unpaired) electrons. The first-order chi connectivity index (χ1) is 10.4. The van der Waals surface area contributed by atoms with Crippen molar-refractivity contribution in [1.29, 1.82) is 0 Å². The van der Waals surface area contributed by atoms with Crippen molar-refractivity contribution >= 4 is 11.9 Å². The minimum Gasteiger partial charge on any atom is -0.444 e. The Morgan fingerprint density at radius 2 is 2.00 bits per heavy atom. The molecular formula is C15H26N4O3. The van der Waals surface area contributed by atoms with Gasteiger partial charge in [0, 0.05) is 51.5 Å². The molecule has 0 atom stereocenters. The van der Waals surface area contributed by atoms with Crippen molar-refractivity contribution in [1.82, 2.24) is 15.1 Å². The zero-order chi connectivity index (χ0) is 16.2. The molecular weight excluding hydrogens is 284 g/mol. The lowest BCUT2D eigenvalue weighted by atomic mass is 10.2. The van der Waals surface area contributed by atoms with Gasteiger partial charge in [0.1, 0.15) is 5.60 Å². The summed E-state index contributed by atoms with van der Waals surface area (Å²) in [4.78, 5) is 16.0. The summed E-state index contributed by atoms with van der Waals surface area (Å²) >= 11 is 0. The zero-order valence-electron chi connectivity index (χ0n) is 13.9. The third kappa shape index (κ3) is 4.62. The average Bonchev–Trinajstić information content (AvgIpc) is 2.92. The topological polar surface area (TPSA) is 70.7 Å². The van der Waals surface area contributed by atoms with Crippen LogP contribution < -0.4 is 4.90 Å². The minimum atomic E-state index is -0.452. The Hall–Kier alpha value is -1.76. The van der Waals surface area contributed by atoms with Crippen molar-refractivity contribution in [2.24, 2.45) is 0 Å². The highest BCUT2D eigenvalue weighted by Gasteiger charge is 2.26. The molecule has 2 heterocycles. The normalized spacial score (nSPS) is 16.0. The van der Waals surface area contributed by atoms with Crippen LogP contribution in [-0.4, -0.2) is 66.7 Å². The molecule has 0 saturated carbocycles. The van der Waals surface area contributed by atoms with E-state index in [1.54, 1.807) is 12.0 Å². The fourth-order valence-corrected chi connectivity index (χ4v) is 2.30. The minimum absolute atomic E-state index is 0.241. The summed E-state index contributed by atoms with van der Waals surface area (Å²) in [6.45, 7) is 9.13. The van der Waals surface area contributed by atoms with Gasteiger partial charge < -0.3 is 19.3 Å². The quantitative estimate of drug-likeness (QED) is 0.916. The third-order valence-corrected chi connectivity index (χ3v) is 3.45. The number of aromatic amines is 1. The Labute approximate surface area is 131 Å². The lowest BCUT2D eigenvalue weighted by molar-refractivity contribution is 0.0240. The van der Waals surface area contributed by atoms with E-state index in [1.807, 2.05) is 26.8 Å². The Bertz CT molecular complexity index is 487. The van der Waals surface area contributed by atoms with E-state index in [9.17, 15) is 4.79 Å². The number of hydrogen-bond acceptors (Lipinski definition) is 5. The van der Waals surface area contributed by atoms with E-state index in [1.165, 1.54) is 0 Å². The third-order valence-electron chi connectivity index (χ3n) is 3.45. The number of hydrogen-bond donors (Lipinski definition) is 1. The first-order valence-corrected chi connectivity index (χ1v) is 7.65. The number of ether oxygens (including phenoxy) is 2. The number of H-pyrrole nitrogens is 1. The van der Waals surface area contributed by atoms with Crippen molar-refractivity contribution in [3.63, 3.8) is 0 Å². The molecule has 1 aliphatic rings. The number of piperazine rings is 1. The lowest BCUT2D eigenvalue weighted by Crippen LogP contribution is -2.50. The Kier molecular flexibility index (Phi) is 5.28. The fourth-order valence-electron chi connectivity index (χ4n) is 2.30. The molecule has 22 heavy (non-hydrogen) atoms. The summed E-state index contributed by atoms with van der Waals surface area (Å²) in [6, 6.07) is 2.04. The molecule has 1 aromatic heterocycles. The summed E-state index contributed by atoms with van der Waals surface area (Å²) < 4.78 is 10.5. The van der Waals surface area contributed by atoms with Crippen LogP contribution in [0.3, 0.4) is 0 Å². The maximum Gasteiger partial charge on any atom is 0.410 e. The standard InChI is InChI=1S/C15H26N4O3/c1-15(2,3)22-14(20)19-8-6-18(7-9-19)13-11-12(16-17-13)5-10-21-4/h11H,5-10H2,1-4H3,(H,16,17). The number of rotatable bonds is 4. The van der Waals surface area contributed by atoms with E-state index in [0.717, 1.165) is 31.0 Å². The summed E-state index contributed by atoms with van der Waals surface area (Å²) in [5, 5.41) is 7.36. The zero-order valence-corrected chi connectivity index (χ0v) is 13.9. The van der Waals surface area contributed by atoms with Crippen LogP contribution in [0.4, 0.5) is 10.6 Å². The summed E-state index contributed by atoms with van der Waals surface area (Å²) in [6.07, 6.45) is 0.580. The number of amides is 1. The Balaban J connectivity index is 1.84. The van der Waals surface area contributed by atoms with E-state index in [-0.39, 0.29) is 6.09 Å². The lowest BCUT2D eigenvalue weighted by Gasteiger charge is -2.35. The maximum absolute atomic E-state index is 12.0. The SMILES string of the molecule is COCCc1cc(N2CCN(C(=O)OC(C)(C)C)CC2)n[nH]1. The van der Waals surface area contributed by atoms with Crippen LogP contribution in [0.1, 0.15) is 26.5 Å². The molecule has 1 fully saturated rings. The van der Waals surface area contributed by atoms with Crippen molar-refractivity contribution in [3.05, 3.63) is 11.8 Å². The van der Waals surface area contributed by atoms with Gasteiger partial charge in [-0.1, -0.05) is 0 Å². The molecule has 0 spiro atoms. The highest BCUT2D eigenvalue weighted by atomic mass is 16.6. The Morgan fingerprint density at radius 3 is 2.59 bits per heavy atom. The number of carbonyl (C=O) groups is 1. The molecule has 0 bridgehead atoms. The maximum atomic E-state index is 12.0. The number of nitrogens with one attached hydrogen (secondary N) is 1. The van der Waals surface area contributed by atoms with Gasteiger partial charge in [-0.05, 0) is 20.8 Å². The first-order valence-electron chi connectivity index (χ1n) is 7.65. The molecule has 1 amide bonds. The molecule has 1 saturated heterocycles. The molecule has 0 aromatic carbocycles. The second kappa shape index (κ2) is 7.00. The fraction of sp³-hybridized carbons (Fsp3) is 0.733. The van der Waals surface area contributed by atoms with Gasteiger partial charge in [-0.15, -0.1) is 0 Å². The van der Waals surface area contributed by atoms with E-state index < -0.39 is 5.60 Å². The van der Waals surface area contributed by atoms with Gasteiger partial charge in [-0.25, -0.2) is 4.79 Å². The Morgan fingerprint density at radius 1 is 1.32 bits per heavy atom. The number of aromatic nitrogens is 2. The molecule has 7 heteroatoms. The molecule has 1 N–H and O–H groups in total. The summed E-state index contributed by atoms with van der Waals surface area (Å²) in [5.41, 5.74) is 0.610. The van der Waals surface area contributed by atoms with Crippen LogP contribution >= 0.6 is 0 Å². The predicted molar refractivity (Wildman–Crippen MR) is 84.2 cm³/mol. The van der Waals surface area contributed by atoms with Gasteiger partial charge >= 0.3 is 6.09 Å². The van der Waals surface area contributed by atoms with Crippen LogP contribution in [-0.2, 0) is 15.9 Å². The van der Waals surface area contributed by atoms with Gasteiger partial charge in [-0.2, -0.15) is 5.10 Å². The molecule has 2 rings (SSSR count). The van der Waals surface area contributed by atoms with E-state index in [4.69, 9.17) is 9.47 Å². The van der Waals surface area contributed by atoms with Crippen LogP contribution in [0, 0.1) is 0 Å². The molecule has 124 valence electrons. The summed E-state index contributed by atoms with van der Waals surface area (Å²) in [5.74, 6) is 0.926. The predicted octanol–water partition coefficient (Wildman–Crippen LogP) is 1.66. The van der Waals surface area contributed by atoms with Crippen molar-refractivity contribution < 1.29 is 14.3 Å². The van der Waals surface area contributed by atoms with Crippen LogP contribution in [0.2, 0.25) is 0 Å². The first kappa shape index (κ1) is 16.6. The van der Waals surface area contributed by atoms with Gasteiger partial charge in [0.15, 0.2) is 5.82 Å². The van der Waals surface area contributed by atoms with Crippen LogP contribution in [0.5, 0.6) is 0 Å². The molecule has 1 aromatic rings. The van der Waals surface area contributed by atoms with E-state index in [0.29, 0.717) is 19.7 Å². The summed E-state index contributed by atoms with van der Waals surface area (Å²) in [7, 11) is 1.69. The van der Waals surface area contributed by atoms with E-state index in [2.05, 4.69) is 15.1 Å². The smallest absolute Gasteiger partial charge is 0.410 e. The second-order valence-corrected chi connectivity index (χ2v) is 6.45. The molecule has 7 nitrogen and oxygen atoms in total. The number of carbonyl (C=O) groups excluding carboxylic acids is 1. The highest BCUT2D eigenvalue weighted by molar-refractivity contribution is 5.68. The van der Waals surface area contributed by atoms with Gasteiger partial charge in [0.25, 0.3) is 0 Å². The second-order valence-electron chi connectivity index (χ2n) is 6.45. The van der Waals surface area contributed by atoms with E-state index >= 15 is 0 Å². The number of nitrogens with zero attached hydrogens (tertiary/aromatic N) is 3. The van der Waals surface area contributed by atoms with Crippen molar-refractivity contribution in [3.8, 4) is 0 Å². The van der Waals surface area contributed by atoms with Gasteiger partial charge in [0.05, 0.1) is 6.61 Å². The molecule has 0 aliphatic carbocycles. The van der Waals surface area contributed by atoms with Gasteiger partial charge in [-0.3, -0.25) is 5.10 Å². The number of anilines is 1. The van der Waals surface area contributed by atoms with Gasteiger partial charge in [0.2, 0.25) is 0 Å². The van der Waals surface area contributed by atoms with Crippen LogP contribution in [0.15, 0.2) is 6.07 Å². The largest absolute Gasteiger partial charge is 0.444 e. The molecule has 1 aliphatic heterocycles. The number of methoxy groups -OCH3 is 1. The van der Waals surface area contributed by atoms with Crippen molar-refractivity contribution in [2.45, 2.75) is 32.8 Å². The highest BCUT2D eigenvalue weighted by Crippen LogP contribution is 2.17.